The Balaban J connectivity index is 0.00000220. The monoisotopic (exact) mass is 311 g/mol. The Labute approximate surface area is 131 Å². The minimum atomic E-state index is -0.614. The van der Waals surface area contributed by atoms with Gasteiger partial charge in [-0.25, -0.2) is 0 Å². The zero-order valence-electron chi connectivity index (χ0n) is 12.1. The van der Waals surface area contributed by atoms with Crippen LogP contribution in [0.4, 0.5) is 0 Å². The number of halogens is 1. The van der Waals surface area contributed by atoms with Crippen LogP contribution in [-0.4, -0.2) is 31.4 Å². The van der Waals surface area contributed by atoms with Crippen LogP contribution < -0.4 is 16.0 Å². The molecule has 1 aliphatic rings. The fourth-order valence-corrected chi connectivity index (χ4v) is 2.05. The minimum Gasteiger partial charge on any atom is -0.354 e. The molecule has 0 saturated carbocycles. The zero-order chi connectivity index (χ0) is 14.4. The summed E-state index contributed by atoms with van der Waals surface area (Å²) in [6.45, 7) is 4.31. The number of nitrogens with one attached hydrogen (secondary N) is 3. The van der Waals surface area contributed by atoms with Crippen molar-refractivity contribution in [2.45, 2.75) is 19.4 Å². The van der Waals surface area contributed by atoms with Gasteiger partial charge in [0.25, 0.3) is 0 Å². The maximum absolute atomic E-state index is 12.3. The summed E-state index contributed by atoms with van der Waals surface area (Å²) >= 11 is 0. The normalized spacial score (nSPS) is 15.3. The highest BCUT2D eigenvalue weighted by Gasteiger charge is 2.24. The Morgan fingerprint density at radius 2 is 1.95 bits per heavy atom. The lowest BCUT2D eigenvalue weighted by Crippen LogP contribution is -2.50. The largest absolute Gasteiger partial charge is 0.354 e. The molecule has 0 bridgehead atoms. The van der Waals surface area contributed by atoms with Crippen LogP contribution in [-0.2, 0) is 9.59 Å². The van der Waals surface area contributed by atoms with Crippen LogP contribution in [0.5, 0.6) is 0 Å². The Hall–Kier alpha value is -1.59. The van der Waals surface area contributed by atoms with Crippen LogP contribution in [0.1, 0.15) is 24.9 Å². The topological polar surface area (TPSA) is 70.2 Å². The van der Waals surface area contributed by atoms with E-state index in [9.17, 15) is 9.59 Å². The molecule has 0 aliphatic carbocycles. The number of carbonyl (C=O) groups is 2. The number of benzene rings is 1. The summed E-state index contributed by atoms with van der Waals surface area (Å²) in [4.78, 5) is 23.9. The van der Waals surface area contributed by atoms with Gasteiger partial charge in [0, 0.05) is 32.0 Å². The molecule has 1 unspecified atom stereocenters. The summed E-state index contributed by atoms with van der Waals surface area (Å²) in [6.07, 6.45) is 0.364. The molecule has 1 heterocycles. The van der Waals surface area contributed by atoms with E-state index in [1.807, 2.05) is 30.3 Å². The lowest BCUT2D eigenvalue weighted by atomic mass is 10.0. The van der Waals surface area contributed by atoms with Crippen molar-refractivity contribution < 1.29 is 9.59 Å². The number of rotatable bonds is 6. The summed E-state index contributed by atoms with van der Waals surface area (Å²) in [6, 6.07) is 8.71. The Morgan fingerprint density at radius 3 is 2.48 bits per heavy atom. The number of carbonyl (C=O) groups excluding carboxylic acids is 2. The van der Waals surface area contributed by atoms with Crippen molar-refractivity contribution in [2.24, 2.45) is 5.92 Å². The van der Waals surface area contributed by atoms with Gasteiger partial charge in [-0.05, 0) is 5.56 Å². The van der Waals surface area contributed by atoms with Crippen molar-refractivity contribution in [3.63, 3.8) is 0 Å². The van der Waals surface area contributed by atoms with E-state index in [0.717, 1.165) is 18.7 Å². The predicted molar refractivity (Wildman–Crippen MR) is 84.2 cm³/mol. The maximum atomic E-state index is 12.3. The molecule has 21 heavy (non-hydrogen) atoms. The van der Waals surface area contributed by atoms with Crippen LogP contribution >= 0.6 is 12.4 Å². The molecule has 116 valence electrons. The first-order valence-corrected chi connectivity index (χ1v) is 7.03. The molecule has 0 aromatic heterocycles. The van der Waals surface area contributed by atoms with Gasteiger partial charge in [0.2, 0.25) is 11.8 Å². The summed E-state index contributed by atoms with van der Waals surface area (Å²) in [7, 11) is 0. The highest BCUT2D eigenvalue weighted by atomic mass is 35.5. The third-order valence-corrected chi connectivity index (χ3v) is 3.45. The van der Waals surface area contributed by atoms with Gasteiger partial charge >= 0.3 is 0 Å². The van der Waals surface area contributed by atoms with Crippen molar-refractivity contribution in [1.82, 2.24) is 16.0 Å². The molecular formula is C15H22ClN3O2. The van der Waals surface area contributed by atoms with Crippen molar-refractivity contribution in [3.8, 4) is 0 Å². The molecule has 1 atom stereocenters. The van der Waals surface area contributed by atoms with Crippen LogP contribution in [0.3, 0.4) is 0 Å². The summed E-state index contributed by atoms with van der Waals surface area (Å²) in [5, 5.41) is 8.86. The molecule has 0 spiro atoms. The standard InChI is InChI=1S/C15H21N3O2.ClH/c1-2-13(19)18-14(12-6-4-3-5-7-12)15(20)17-10-11-8-16-9-11;/h3-7,11,14,16H,2,8-10H2,1H3,(H,17,20)(H,18,19);1H. The molecule has 6 heteroatoms. The lowest BCUT2D eigenvalue weighted by Gasteiger charge is -2.28. The lowest BCUT2D eigenvalue weighted by molar-refractivity contribution is -0.129. The van der Waals surface area contributed by atoms with E-state index in [1.54, 1.807) is 6.92 Å². The average Bonchev–Trinajstić information content (AvgIpc) is 2.43. The molecule has 2 rings (SSSR count). The smallest absolute Gasteiger partial charge is 0.247 e. The predicted octanol–water partition coefficient (Wildman–Crippen LogP) is 1.01. The SMILES string of the molecule is CCC(=O)NC(C(=O)NCC1CNC1)c1ccccc1.Cl. The van der Waals surface area contributed by atoms with Gasteiger partial charge < -0.3 is 16.0 Å². The first-order chi connectivity index (χ1) is 9.70. The van der Waals surface area contributed by atoms with E-state index in [1.165, 1.54) is 0 Å². The molecule has 5 nitrogen and oxygen atoms in total. The quantitative estimate of drug-likeness (QED) is 0.734. The third-order valence-electron chi connectivity index (χ3n) is 3.45. The summed E-state index contributed by atoms with van der Waals surface area (Å²) in [5.74, 6) is 0.224. The Kier molecular flexibility index (Phi) is 7.19. The first-order valence-electron chi connectivity index (χ1n) is 7.03. The van der Waals surface area contributed by atoms with E-state index < -0.39 is 6.04 Å². The molecule has 1 aromatic rings. The molecule has 1 aliphatic heterocycles. The fraction of sp³-hybridized carbons (Fsp3) is 0.467. The second kappa shape index (κ2) is 8.64. The van der Waals surface area contributed by atoms with Crippen LogP contribution in [0.2, 0.25) is 0 Å². The Bertz CT molecular complexity index is 463. The average molecular weight is 312 g/mol. The highest BCUT2D eigenvalue weighted by molar-refractivity contribution is 5.88. The van der Waals surface area contributed by atoms with Gasteiger partial charge in [-0.2, -0.15) is 0 Å². The summed E-state index contributed by atoms with van der Waals surface area (Å²) < 4.78 is 0. The van der Waals surface area contributed by atoms with E-state index in [2.05, 4.69) is 16.0 Å². The first kappa shape index (κ1) is 17.5. The molecule has 0 radical (unpaired) electrons. The van der Waals surface area contributed by atoms with Crippen LogP contribution in [0.25, 0.3) is 0 Å². The van der Waals surface area contributed by atoms with Gasteiger partial charge in [-0.1, -0.05) is 37.3 Å². The molecule has 1 aromatic carbocycles. The van der Waals surface area contributed by atoms with Crippen molar-refractivity contribution in [3.05, 3.63) is 35.9 Å². The highest BCUT2D eigenvalue weighted by Crippen LogP contribution is 2.13. The second-order valence-corrected chi connectivity index (χ2v) is 5.03. The van der Waals surface area contributed by atoms with Gasteiger partial charge in [-0.3, -0.25) is 9.59 Å². The van der Waals surface area contributed by atoms with Crippen molar-refractivity contribution in [1.29, 1.82) is 0 Å². The van der Waals surface area contributed by atoms with E-state index in [-0.39, 0.29) is 24.2 Å². The van der Waals surface area contributed by atoms with Gasteiger partial charge in [0.05, 0.1) is 0 Å². The number of amides is 2. The van der Waals surface area contributed by atoms with E-state index in [0.29, 0.717) is 18.9 Å². The fourth-order valence-electron chi connectivity index (χ4n) is 2.05. The molecule has 3 N–H and O–H groups in total. The third kappa shape index (κ3) is 5.02. The Morgan fingerprint density at radius 1 is 1.29 bits per heavy atom. The zero-order valence-corrected chi connectivity index (χ0v) is 12.9. The van der Waals surface area contributed by atoms with Crippen molar-refractivity contribution in [2.75, 3.05) is 19.6 Å². The number of hydrogen-bond acceptors (Lipinski definition) is 3. The molecule has 1 saturated heterocycles. The minimum absolute atomic E-state index is 0. The number of hydrogen-bond donors (Lipinski definition) is 3. The van der Waals surface area contributed by atoms with Gasteiger partial charge in [0.15, 0.2) is 0 Å². The molecule has 2 amide bonds. The second-order valence-electron chi connectivity index (χ2n) is 5.03. The summed E-state index contributed by atoms with van der Waals surface area (Å²) in [5.41, 5.74) is 0.804. The molecule has 1 fully saturated rings. The van der Waals surface area contributed by atoms with Gasteiger partial charge in [0.1, 0.15) is 6.04 Å². The maximum Gasteiger partial charge on any atom is 0.247 e. The van der Waals surface area contributed by atoms with Gasteiger partial charge in [-0.15, -0.1) is 12.4 Å². The van der Waals surface area contributed by atoms with Crippen molar-refractivity contribution >= 4 is 24.2 Å². The van der Waals surface area contributed by atoms with Crippen LogP contribution in [0, 0.1) is 5.92 Å². The van der Waals surface area contributed by atoms with E-state index in [4.69, 9.17) is 0 Å². The van der Waals surface area contributed by atoms with Crippen LogP contribution in [0.15, 0.2) is 30.3 Å². The van der Waals surface area contributed by atoms with E-state index >= 15 is 0 Å². The molecular weight excluding hydrogens is 290 g/mol.